The molecule has 0 fully saturated rings. The van der Waals surface area contributed by atoms with E-state index in [-0.39, 0.29) is 5.75 Å². The molecule has 1 aromatic carbocycles. The molecule has 0 bridgehead atoms. The highest BCUT2D eigenvalue weighted by molar-refractivity contribution is 7.92. The first kappa shape index (κ1) is 17.2. The van der Waals surface area contributed by atoms with E-state index < -0.39 is 10.0 Å². The van der Waals surface area contributed by atoms with Gasteiger partial charge in [-0.3, -0.25) is 4.72 Å². The fourth-order valence-corrected chi connectivity index (χ4v) is 3.12. The van der Waals surface area contributed by atoms with Crippen molar-refractivity contribution in [1.29, 1.82) is 0 Å². The van der Waals surface area contributed by atoms with Crippen LogP contribution in [0.1, 0.15) is 26.7 Å². The van der Waals surface area contributed by atoms with Gasteiger partial charge in [-0.05, 0) is 31.0 Å². The van der Waals surface area contributed by atoms with E-state index in [9.17, 15) is 8.42 Å². The van der Waals surface area contributed by atoms with Gasteiger partial charge in [0.1, 0.15) is 0 Å². The third-order valence-corrected chi connectivity index (χ3v) is 4.49. The van der Waals surface area contributed by atoms with E-state index in [1.54, 1.807) is 30.3 Å². The van der Waals surface area contributed by atoms with Gasteiger partial charge in [0, 0.05) is 17.3 Å². The average Bonchev–Trinajstić information content (AvgIpc) is 2.53. The predicted molar refractivity (Wildman–Crippen MR) is 91.0 cm³/mol. The molecule has 0 spiro atoms. The van der Waals surface area contributed by atoms with E-state index in [0.29, 0.717) is 30.3 Å². The molecule has 0 amide bonds. The summed E-state index contributed by atoms with van der Waals surface area (Å²) in [6.45, 7) is 4.45. The molecule has 0 radical (unpaired) electrons. The fraction of sp³-hybridized carbons (Fsp3) is 0.375. The Balaban J connectivity index is 2.16. The van der Waals surface area contributed by atoms with Crippen LogP contribution in [-0.2, 0) is 10.0 Å². The molecule has 23 heavy (non-hydrogen) atoms. The van der Waals surface area contributed by atoms with Gasteiger partial charge in [-0.2, -0.15) is 0 Å². The van der Waals surface area contributed by atoms with Crippen LogP contribution in [0.25, 0.3) is 11.3 Å². The Bertz CT molecular complexity index is 730. The lowest BCUT2D eigenvalue weighted by molar-refractivity contribution is 0.302. The molecule has 0 aliphatic rings. The molecule has 1 aromatic heterocycles. The summed E-state index contributed by atoms with van der Waals surface area (Å²) in [6.07, 6.45) is 1.48. The summed E-state index contributed by atoms with van der Waals surface area (Å²) in [5, 5.41) is 8.14. The van der Waals surface area contributed by atoms with Crippen molar-refractivity contribution in [2.75, 3.05) is 17.1 Å². The number of hydrogen-bond donors (Lipinski definition) is 1. The molecule has 0 saturated heterocycles. The number of anilines is 1. The Kier molecular flexibility index (Phi) is 5.92. The molecule has 0 saturated carbocycles. The van der Waals surface area contributed by atoms with Gasteiger partial charge in [0.2, 0.25) is 15.9 Å². The molecule has 7 heteroatoms. The van der Waals surface area contributed by atoms with Gasteiger partial charge in [-0.15, -0.1) is 10.2 Å². The molecule has 1 N–H and O–H groups in total. The minimum atomic E-state index is -3.31. The quantitative estimate of drug-likeness (QED) is 0.802. The highest BCUT2D eigenvalue weighted by Crippen LogP contribution is 2.22. The van der Waals surface area contributed by atoms with E-state index in [4.69, 9.17) is 4.74 Å². The summed E-state index contributed by atoms with van der Waals surface area (Å²) >= 11 is 0. The van der Waals surface area contributed by atoms with E-state index >= 15 is 0 Å². The van der Waals surface area contributed by atoms with Crippen LogP contribution in [-0.4, -0.2) is 31.0 Å². The van der Waals surface area contributed by atoms with Crippen LogP contribution in [0, 0.1) is 0 Å². The van der Waals surface area contributed by atoms with Gasteiger partial charge in [-0.25, -0.2) is 8.42 Å². The van der Waals surface area contributed by atoms with Crippen molar-refractivity contribution in [3.8, 4) is 17.1 Å². The third kappa shape index (κ3) is 5.21. The Labute approximate surface area is 137 Å². The minimum absolute atomic E-state index is 0.0977. The second-order valence-electron chi connectivity index (χ2n) is 5.11. The van der Waals surface area contributed by atoms with Crippen LogP contribution in [0.15, 0.2) is 36.4 Å². The number of benzene rings is 1. The van der Waals surface area contributed by atoms with Crippen LogP contribution in [0.3, 0.4) is 0 Å². The maximum Gasteiger partial charge on any atom is 0.233 e. The van der Waals surface area contributed by atoms with Crippen molar-refractivity contribution < 1.29 is 13.2 Å². The SMILES string of the molecule is CCCOc1ccc(-c2cccc(NS(=O)(=O)CCC)c2)nn1. The van der Waals surface area contributed by atoms with Crippen LogP contribution in [0.5, 0.6) is 5.88 Å². The smallest absolute Gasteiger partial charge is 0.233 e. The van der Waals surface area contributed by atoms with Gasteiger partial charge in [-0.1, -0.05) is 26.0 Å². The molecule has 1 heterocycles. The zero-order valence-electron chi connectivity index (χ0n) is 13.3. The fourth-order valence-electron chi connectivity index (χ4n) is 2.00. The summed E-state index contributed by atoms with van der Waals surface area (Å²) in [7, 11) is -3.31. The van der Waals surface area contributed by atoms with Crippen LogP contribution < -0.4 is 9.46 Å². The highest BCUT2D eigenvalue weighted by atomic mass is 32.2. The molecule has 124 valence electrons. The first-order valence-electron chi connectivity index (χ1n) is 7.61. The average molecular weight is 335 g/mol. The second-order valence-corrected chi connectivity index (χ2v) is 6.95. The maximum absolute atomic E-state index is 11.8. The first-order valence-corrected chi connectivity index (χ1v) is 9.26. The molecule has 6 nitrogen and oxygen atoms in total. The number of aromatic nitrogens is 2. The highest BCUT2D eigenvalue weighted by Gasteiger charge is 2.10. The number of nitrogens with zero attached hydrogens (tertiary/aromatic N) is 2. The molecule has 0 aliphatic carbocycles. The molecule has 2 aromatic rings. The summed E-state index contributed by atoms with van der Waals surface area (Å²) in [4.78, 5) is 0. The number of rotatable bonds is 8. The van der Waals surface area contributed by atoms with Gasteiger partial charge in [0.05, 0.1) is 18.1 Å². The second kappa shape index (κ2) is 7.92. The number of hydrogen-bond acceptors (Lipinski definition) is 5. The maximum atomic E-state index is 11.8. The van der Waals surface area contributed by atoms with Crippen molar-refractivity contribution in [2.24, 2.45) is 0 Å². The number of ether oxygens (including phenoxy) is 1. The molecule has 0 aliphatic heterocycles. The summed E-state index contributed by atoms with van der Waals surface area (Å²) < 4.78 is 31.6. The lowest BCUT2D eigenvalue weighted by atomic mass is 10.1. The van der Waals surface area contributed by atoms with Crippen molar-refractivity contribution >= 4 is 15.7 Å². The first-order chi connectivity index (χ1) is 11.0. The van der Waals surface area contributed by atoms with E-state index in [2.05, 4.69) is 14.9 Å². The van der Waals surface area contributed by atoms with Crippen LogP contribution in [0.2, 0.25) is 0 Å². The Morgan fingerprint density at radius 2 is 1.91 bits per heavy atom. The molecule has 0 atom stereocenters. The summed E-state index contributed by atoms with van der Waals surface area (Å²) in [5.74, 6) is 0.580. The van der Waals surface area contributed by atoms with Gasteiger partial charge >= 0.3 is 0 Å². The van der Waals surface area contributed by atoms with E-state index in [0.717, 1.165) is 12.0 Å². The monoisotopic (exact) mass is 335 g/mol. The normalized spacial score (nSPS) is 11.2. The lowest BCUT2D eigenvalue weighted by Crippen LogP contribution is -2.16. The van der Waals surface area contributed by atoms with Crippen molar-refractivity contribution in [1.82, 2.24) is 10.2 Å². The van der Waals surface area contributed by atoms with Crippen molar-refractivity contribution in [3.63, 3.8) is 0 Å². The molecule has 0 unspecified atom stereocenters. The lowest BCUT2D eigenvalue weighted by Gasteiger charge is -2.09. The van der Waals surface area contributed by atoms with Crippen LogP contribution >= 0.6 is 0 Å². The Morgan fingerprint density at radius 3 is 2.57 bits per heavy atom. The Hall–Kier alpha value is -2.15. The van der Waals surface area contributed by atoms with Gasteiger partial charge < -0.3 is 4.74 Å². The Morgan fingerprint density at radius 1 is 1.09 bits per heavy atom. The van der Waals surface area contributed by atoms with E-state index in [1.807, 2.05) is 19.9 Å². The topological polar surface area (TPSA) is 81.2 Å². The third-order valence-electron chi connectivity index (χ3n) is 3.00. The zero-order valence-corrected chi connectivity index (χ0v) is 14.1. The van der Waals surface area contributed by atoms with Crippen molar-refractivity contribution in [2.45, 2.75) is 26.7 Å². The number of nitrogens with one attached hydrogen (secondary N) is 1. The zero-order chi connectivity index (χ0) is 16.7. The summed E-state index contributed by atoms with van der Waals surface area (Å²) in [6, 6.07) is 10.6. The number of sulfonamides is 1. The van der Waals surface area contributed by atoms with Gasteiger partial charge in [0.25, 0.3) is 0 Å². The van der Waals surface area contributed by atoms with E-state index in [1.165, 1.54) is 0 Å². The largest absolute Gasteiger partial charge is 0.477 e. The predicted octanol–water partition coefficient (Wildman–Crippen LogP) is 3.08. The summed E-state index contributed by atoms with van der Waals surface area (Å²) in [5.41, 5.74) is 1.96. The standard InChI is InChI=1S/C16H21N3O3S/c1-3-10-22-16-9-8-15(17-18-16)13-6-5-7-14(12-13)19-23(20,21)11-4-2/h5-9,12,19H,3-4,10-11H2,1-2H3. The van der Waals surface area contributed by atoms with Crippen molar-refractivity contribution in [3.05, 3.63) is 36.4 Å². The molecule has 2 rings (SSSR count). The minimum Gasteiger partial charge on any atom is -0.477 e. The van der Waals surface area contributed by atoms with Gasteiger partial charge in [0.15, 0.2) is 0 Å². The van der Waals surface area contributed by atoms with Crippen LogP contribution in [0.4, 0.5) is 5.69 Å². The molecular formula is C16H21N3O3S. The molecular weight excluding hydrogens is 314 g/mol.